The van der Waals surface area contributed by atoms with E-state index in [4.69, 9.17) is 9.47 Å². The highest BCUT2D eigenvalue weighted by Gasteiger charge is 2.67. The third-order valence-corrected chi connectivity index (χ3v) is 6.70. The van der Waals surface area contributed by atoms with Gasteiger partial charge in [-0.1, -0.05) is 46.3 Å². The van der Waals surface area contributed by atoms with Crippen LogP contribution in [-0.4, -0.2) is 80.7 Å². The van der Waals surface area contributed by atoms with Crippen LogP contribution in [0.1, 0.15) is 11.5 Å². The van der Waals surface area contributed by atoms with Gasteiger partial charge in [0.25, 0.3) is 11.6 Å². The summed E-state index contributed by atoms with van der Waals surface area (Å²) in [4.78, 5) is 62.8. The standard InChI is InChI=1S/C20H19BrN2O9S/c1-31-20(22-14(24)12(15(25)26)10-5-3-2-4-6-10)18(30)23-13(16(27)28)11(9-33-19(20)23)17(29)32-8-7-21/h2-6,12,19H,7-9H2,1H3,(H,22,24)(H,25,26)(H,27,28)/t12?,19-,20?/m0/s1. The predicted octanol–water partition coefficient (Wildman–Crippen LogP) is 0.506. The number of benzene rings is 1. The molecule has 1 aromatic carbocycles. The van der Waals surface area contributed by atoms with E-state index in [2.05, 4.69) is 21.2 Å². The van der Waals surface area contributed by atoms with E-state index in [0.717, 1.165) is 23.8 Å². The number of fused-ring (bicyclic) bond motifs is 1. The van der Waals surface area contributed by atoms with Crippen molar-refractivity contribution in [2.45, 2.75) is 17.0 Å². The van der Waals surface area contributed by atoms with E-state index < -0.39 is 52.4 Å². The van der Waals surface area contributed by atoms with Crippen molar-refractivity contribution in [2.75, 3.05) is 24.8 Å². The number of aliphatic carboxylic acids is 2. The van der Waals surface area contributed by atoms with Crippen molar-refractivity contribution in [2.24, 2.45) is 0 Å². The van der Waals surface area contributed by atoms with Crippen LogP contribution in [0.2, 0.25) is 0 Å². The molecule has 0 aromatic heterocycles. The minimum absolute atomic E-state index is 0.00536. The largest absolute Gasteiger partial charge is 0.480 e. The van der Waals surface area contributed by atoms with Crippen molar-refractivity contribution in [1.29, 1.82) is 0 Å². The second-order valence-corrected chi connectivity index (χ2v) is 8.77. The van der Waals surface area contributed by atoms with E-state index in [0.29, 0.717) is 5.33 Å². The molecule has 2 unspecified atom stereocenters. The topological polar surface area (TPSA) is 160 Å². The Kier molecular flexibility index (Phi) is 7.44. The lowest BCUT2D eigenvalue weighted by Crippen LogP contribution is -2.81. The van der Waals surface area contributed by atoms with Gasteiger partial charge in [0.1, 0.15) is 17.7 Å². The zero-order chi connectivity index (χ0) is 24.3. The van der Waals surface area contributed by atoms with Crippen molar-refractivity contribution in [3.05, 3.63) is 47.2 Å². The Morgan fingerprint density at radius 3 is 2.48 bits per heavy atom. The second-order valence-electron chi connectivity index (χ2n) is 6.91. The van der Waals surface area contributed by atoms with Crippen LogP contribution in [-0.2, 0) is 33.4 Å². The fraction of sp³-hybridized carbons (Fsp3) is 0.350. The summed E-state index contributed by atoms with van der Waals surface area (Å²) in [6.45, 7) is 0.00536. The lowest BCUT2D eigenvalue weighted by molar-refractivity contribution is -0.193. The zero-order valence-electron chi connectivity index (χ0n) is 17.1. The number of nitrogens with zero attached hydrogens (tertiary/aromatic N) is 1. The first-order valence-electron chi connectivity index (χ1n) is 9.49. The molecule has 0 bridgehead atoms. The number of β-lactam (4-membered cyclic amide) rings is 1. The van der Waals surface area contributed by atoms with Gasteiger partial charge >= 0.3 is 17.9 Å². The summed E-state index contributed by atoms with van der Waals surface area (Å²) in [5.41, 5.74) is -2.59. The molecule has 3 atom stereocenters. The number of carboxylic acid groups (broad SMARTS) is 2. The highest BCUT2D eigenvalue weighted by molar-refractivity contribution is 9.09. The number of hydrogen-bond acceptors (Lipinski definition) is 8. The fourth-order valence-corrected chi connectivity index (χ4v) is 5.14. The third kappa shape index (κ3) is 4.35. The SMILES string of the molecule is COC1(NC(=O)C(C(=O)O)c2ccccc2)C(=O)N2C(C(=O)O)=C(C(=O)OCCBr)CS[C@H]21. The Hall–Kier alpha value is -2.90. The van der Waals surface area contributed by atoms with E-state index in [1.54, 1.807) is 18.2 Å². The van der Waals surface area contributed by atoms with E-state index in [9.17, 15) is 34.2 Å². The number of methoxy groups -OCH3 is 1. The number of ether oxygens (including phenoxy) is 2. The maximum Gasteiger partial charge on any atom is 0.353 e. The van der Waals surface area contributed by atoms with Crippen molar-refractivity contribution >= 4 is 57.4 Å². The molecule has 2 amide bonds. The van der Waals surface area contributed by atoms with Crippen molar-refractivity contribution in [3.63, 3.8) is 0 Å². The quantitative estimate of drug-likeness (QED) is 0.132. The summed E-state index contributed by atoms with van der Waals surface area (Å²) < 4.78 is 10.3. The molecule has 176 valence electrons. The molecule has 13 heteroatoms. The molecule has 3 N–H and O–H groups in total. The minimum Gasteiger partial charge on any atom is -0.480 e. The van der Waals surface area contributed by atoms with Crippen LogP contribution in [0.15, 0.2) is 41.6 Å². The van der Waals surface area contributed by atoms with Gasteiger partial charge in [-0.15, -0.1) is 11.8 Å². The van der Waals surface area contributed by atoms with Crippen LogP contribution in [0, 0.1) is 0 Å². The van der Waals surface area contributed by atoms with Gasteiger partial charge in [0.15, 0.2) is 5.92 Å². The van der Waals surface area contributed by atoms with Crippen molar-refractivity contribution < 1.29 is 43.7 Å². The molecule has 2 aliphatic heterocycles. The number of hydrogen-bond donors (Lipinski definition) is 3. The molecular weight excluding hydrogens is 524 g/mol. The monoisotopic (exact) mass is 542 g/mol. The zero-order valence-corrected chi connectivity index (χ0v) is 19.6. The van der Waals surface area contributed by atoms with Gasteiger partial charge in [0.05, 0.1) is 5.57 Å². The molecule has 11 nitrogen and oxygen atoms in total. The van der Waals surface area contributed by atoms with Gasteiger partial charge < -0.3 is 25.0 Å². The lowest BCUT2D eigenvalue weighted by Gasteiger charge is -2.55. The summed E-state index contributed by atoms with van der Waals surface area (Å²) >= 11 is 4.08. The average molecular weight is 543 g/mol. The molecule has 1 aromatic rings. The highest BCUT2D eigenvalue weighted by atomic mass is 79.9. The smallest absolute Gasteiger partial charge is 0.353 e. The number of alkyl halides is 1. The lowest BCUT2D eigenvalue weighted by atomic mass is 9.94. The first-order valence-corrected chi connectivity index (χ1v) is 11.7. The fourth-order valence-electron chi connectivity index (χ4n) is 3.56. The number of halogens is 1. The molecule has 0 spiro atoms. The number of amides is 2. The Morgan fingerprint density at radius 1 is 1.27 bits per heavy atom. The Balaban J connectivity index is 1.91. The number of nitrogens with one attached hydrogen (secondary N) is 1. The van der Waals surface area contributed by atoms with E-state index in [1.807, 2.05) is 0 Å². The average Bonchev–Trinajstić information content (AvgIpc) is 2.80. The van der Waals surface area contributed by atoms with Crippen LogP contribution < -0.4 is 5.32 Å². The number of rotatable bonds is 9. The van der Waals surface area contributed by atoms with Gasteiger partial charge in [-0.2, -0.15) is 0 Å². The minimum atomic E-state index is -2.00. The van der Waals surface area contributed by atoms with Gasteiger partial charge in [-0.25, -0.2) is 9.59 Å². The van der Waals surface area contributed by atoms with Crippen LogP contribution in [0.25, 0.3) is 0 Å². The predicted molar refractivity (Wildman–Crippen MR) is 117 cm³/mol. The summed E-state index contributed by atoms with van der Waals surface area (Å²) in [5, 5.41) is 20.9. The molecular formula is C20H19BrN2O9S. The van der Waals surface area contributed by atoms with Crippen LogP contribution in [0.3, 0.4) is 0 Å². The second kappa shape index (κ2) is 9.93. The van der Waals surface area contributed by atoms with Gasteiger partial charge in [-0.05, 0) is 5.56 Å². The molecule has 2 heterocycles. The third-order valence-electron chi connectivity index (χ3n) is 5.06. The number of carbonyl (C=O) groups is 5. The molecule has 2 aliphatic rings. The number of esters is 1. The maximum absolute atomic E-state index is 13.1. The van der Waals surface area contributed by atoms with Gasteiger partial charge in [0.2, 0.25) is 5.91 Å². The first kappa shape index (κ1) is 24.7. The molecule has 0 radical (unpaired) electrons. The Morgan fingerprint density at radius 2 is 1.94 bits per heavy atom. The molecule has 0 saturated carbocycles. The highest BCUT2D eigenvalue weighted by Crippen LogP contribution is 2.47. The summed E-state index contributed by atoms with van der Waals surface area (Å²) in [6.07, 6.45) is 0. The molecule has 3 rings (SSSR count). The van der Waals surface area contributed by atoms with Crippen LogP contribution >= 0.6 is 27.7 Å². The van der Waals surface area contributed by atoms with Gasteiger partial charge in [0, 0.05) is 18.2 Å². The van der Waals surface area contributed by atoms with Crippen molar-refractivity contribution in [3.8, 4) is 0 Å². The molecule has 1 fully saturated rings. The summed E-state index contributed by atoms with van der Waals surface area (Å²) in [6, 6.07) is 7.70. The van der Waals surface area contributed by atoms with Gasteiger partial charge in [-0.3, -0.25) is 19.3 Å². The van der Waals surface area contributed by atoms with Crippen LogP contribution in [0.4, 0.5) is 0 Å². The number of carboxylic acids is 2. The van der Waals surface area contributed by atoms with E-state index in [1.165, 1.54) is 12.1 Å². The number of thioether (sulfide) groups is 1. The number of carbonyl (C=O) groups excluding carboxylic acids is 3. The maximum atomic E-state index is 13.1. The molecule has 33 heavy (non-hydrogen) atoms. The molecule has 0 aliphatic carbocycles. The van der Waals surface area contributed by atoms with Crippen LogP contribution in [0.5, 0.6) is 0 Å². The normalized spacial score (nSPS) is 22.7. The van der Waals surface area contributed by atoms with E-state index in [-0.39, 0.29) is 23.5 Å². The Bertz CT molecular complexity index is 1030. The summed E-state index contributed by atoms with van der Waals surface area (Å²) in [7, 11) is 1.14. The molecule has 1 saturated heterocycles. The Labute approximate surface area is 200 Å². The van der Waals surface area contributed by atoms with Crippen molar-refractivity contribution in [1.82, 2.24) is 10.2 Å². The van der Waals surface area contributed by atoms with E-state index >= 15 is 0 Å². The first-order chi connectivity index (χ1) is 15.7. The summed E-state index contributed by atoms with van der Waals surface area (Å²) in [5.74, 6) is -7.55.